The molecule has 0 N–H and O–H groups in total. The Morgan fingerprint density at radius 1 is 1.15 bits per heavy atom. The van der Waals surface area contributed by atoms with E-state index in [0.29, 0.717) is 17.7 Å². The summed E-state index contributed by atoms with van der Waals surface area (Å²) in [7, 11) is 1.60. The predicted molar refractivity (Wildman–Crippen MR) is 109 cm³/mol. The van der Waals surface area contributed by atoms with Crippen molar-refractivity contribution in [1.29, 1.82) is 0 Å². The third-order valence-corrected chi connectivity index (χ3v) is 5.67. The van der Waals surface area contributed by atoms with Crippen LogP contribution in [0.15, 0.2) is 71.1 Å². The van der Waals surface area contributed by atoms with E-state index in [4.69, 9.17) is 9.84 Å². The summed E-state index contributed by atoms with van der Waals surface area (Å²) in [6.07, 6.45) is 0.708. The van der Waals surface area contributed by atoms with Crippen LogP contribution < -0.4 is 4.74 Å². The average Bonchev–Trinajstić information content (AvgIpc) is 3.37. The van der Waals surface area contributed by atoms with Crippen LogP contribution in [0.5, 0.6) is 5.75 Å². The van der Waals surface area contributed by atoms with E-state index in [0.717, 1.165) is 16.2 Å². The molecule has 1 aliphatic rings. The molecular weight excluding hydrogens is 356 g/mol. The lowest BCUT2D eigenvalue weighted by atomic mass is 10.0. The fourth-order valence-electron chi connectivity index (χ4n) is 3.21. The molecule has 0 radical (unpaired) electrons. The first-order valence-electron chi connectivity index (χ1n) is 8.81. The molecule has 5 heteroatoms. The van der Waals surface area contributed by atoms with E-state index in [1.807, 2.05) is 23.6 Å². The summed E-state index contributed by atoms with van der Waals surface area (Å²) < 4.78 is 5.26. The summed E-state index contributed by atoms with van der Waals surface area (Å²) in [5.41, 5.74) is 3.77. The van der Waals surface area contributed by atoms with Gasteiger partial charge in [0.1, 0.15) is 5.75 Å². The van der Waals surface area contributed by atoms with E-state index in [2.05, 4.69) is 37.3 Å². The quantitative estimate of drug-likeness (QED) is 0.639. The van der Waals surface area contributed by atoms with Crippen LogP contribution in [0.4, 0.5) is 0 Å². The van der Waals surface area contributed by atoms with Crippen LogP contribution in [0.25, 0.3) is 0 Å². The van der Waals surface area contributed by atoms with Gasteiger partial charge in [0.15, 0.2) is 0 Å². The number of aryl methyl sites for hydroxylation is 1. The van der Waals surface area contributed by atoms with Crippen molar-refractivity contribution < 1.29 is 9.53 Å². The SMILES string of the molecule is COc1cccc(C(=O)N2N=C(c3ccc(C)cc3)CC2c2cccs2)c1. The Morgan fingerprint density at radius 3 is 2.67 bits per heavy atom. The molecule has 2 heterocycles. The van der Waals surface area contributed by atoms with E-state index in [1.54, 1.807) is 35.6 Å². The highest BCUT2D eigenvalue weighted by Crippen LogP contribution is 2.36. The van der Waals surface area contributed by atoms with Crippen LogP contribution in [-0.2, 0) is 0 Å². The minimum absolute atomic E-state index is 0.0833. The van der Waals surface area contributed by atoms with E-state index in [9.17, 15) is 4.79 Å². The number of carbonyl (C=O) groups is 1. The largest absolute Gasteiger partial charge is 0.497 e. The third kappa shape index (κ3) is 3.51. The van der Waals surface area contributed by atoms with Gasteiger partial charge in [-0.3, -0.25) is 4.79 Å². The first kappa shape index (κ1) is 17.5. The molecule has 1 amide bonds. The Hall–Kier alpha value is -2.92. The molecule has 1 unspecified atom stereocenters. The number of hydrogen-bond acceptors (Lipinski definition) is 4. The van der Waals surface area contributed by atoms with Crippen LogP contribution in [0.1, 0.15) is 38.8 Å². The van der Waals surface area contributed by atoms with Crippen molar-refractivity contribution in [2.75, 3.05) is 7.11 Å². The lowest BCUT2D eigenvalue weighted by Gasteiger charge is -2.20. The fraction of sp³-hybridized carbons (Fsp3) is 0.182. The zero-order chi connectivity index (χ0) is 18.8. The van der Waals surface area contributed by atoms with Crippen LogP contribution >= 0.6 is 11.3 Å². The maximum Gasteiger partial charge on any atom is 0.274 e. The normalized spacial score (nSPS) is 16.3. The standard InChI is InChI=1S/C22H20N2O2S/c1-15-8-10-16(11-9-15)19-14-20(21-7-4-12-27-21)24(23-19)22(25)17-5-3-6-18(13-17)26-2/h3-13,20H,14H2,1-2H3. The van der Waals surface area contributed by atoms with Gasteiger partial charge in [0.05, 0.1) is 18.9 Å². The first-order chi connectivity index (χ1) is 13.2. The van der Waals surface area contributed by atoms with E-state index >= 15 is 0 Å². The van der Waals surface area contributed by atoms with Crippen molar-refractivity contribution in [1.82, 2.24) is 5.01 Å². The molecule has 1 aliphatic heterocycles. The molecule has 0 saturated carbocycles. The Morgan fingerprint density at radius 2 is 1.96 bits per heavy atom. The maximum atomic E-state index is 13.2. The number of rotatable bonds is 4. The lowest BCUT2D eigenvalue weighted by Crippen LogP contribution is -2.26. The van der Waals surface area contributed by atoms with Gasteiger partial charge in [-0.15, -0.1) is 11.3 Å². The minimum atomic E-state index is -0.116. The Labute approximate surface area is 162 Å². The summed E-state index contributed by atoms with van der Waals surface area (Å²) >= 11 is 1.65. The number of hydrogen-bond donors (Lipinski definition) is 0. The van der Waals surface area contributed by atoms with Gasteiger partial charge in [-0.1, -0.05) is 42.0 Å². The highest BCUT2D eigenvalue weighted by Gasteiger charge is 2.34. The van der Waals surface area contributed by atoms with Crippen molar-refractivity contribution in [3.8, 4) is 5.75 Å². The number of ether oxygens (including phenoxy) is 1. The molecule has 1 atom stereocenters. The number of amides is 1. The molecule has 0 aliphatic carbocycles. The predicted octanol–water partition coefficient (Wildman–Crippen LogP) is 5.06. The van der Waals surface area contributed by atoms with Gasteiger partial charge in [-0.25, -0.2) is 5.01 Å². The molecule has 0 fully saturated rings. The van der Waals surface area contributed by atoms with Crippen molar-refractivity contribution in [3.63, 3.8) is 0 Å². The molecule has 1 aromatic heterocycles. The molecule has 4 nitrogen and oxygen atoms in total. The molecule has 4 rings (SSSR count). The van der Waals surface area contributed by atoms with Crippen molar-refractivity contribution in [2.45, 2.75) is 19.4 Å². The van der Waals surface area contributed by atoms with Crippen LogP contribution in [0.2, 0.25) is 0 Å². The van der Waals surface area contributed by atoms with Crippen LogP contribution in [-0.4, -0.2) is 23.7 Å². The third-order valence-electron chi connectivity index (χ3n) is 4.69. The number of thiophene rings is 1. The Bertz CT molecular complexity index is 978. The highest BCUT2D eigenvalue weighted by atomic mass is 32.1. The topological polar surface area (TPSA) is 41.9 Å². The monoisotopic (exact) mass is 376 g/mol. The van der Waals surface area contributed by atoms with Gasteiger partial charge < -0.3 is 4.74 Å². The highest BCUT2D eigenvalue weighted by molar-refractivity contribution is 7.10. The molecule has 136 valence electrons. The smallest absolute Gasteiger partial charge is 0.274 e. The van der Waals surface area contributed by atoms with Gasteiger partial charge in [0, 0.05) is 16.9 Å². The summed E-state index contributed by atoms with van der Waals surface area (Å²) in [5.74, 6) is 0.546. The minimum Gasteiger partial charge on any atom is -0.497 e. The number of hydrazone groups is 1. The fourth-order valence-corrected chi connectivity index (χ4v) is 4.02. The van der Waals surface area contributed by atoms with Crippen molar-refractivity contribution in [3.05, 3.63) is 87.6 Å². The van der Waals surface area contributed by atoms with Gasteiger partial charge in [-0.2, -0.15) is 5.10 Å². The van der Waals surface area contributed by atoms with Crippen molar-refractivity contribution in [2.24, 2.45) is 5.10 Å². The molecular formula is C22H20N2O2S. The molecule has 0 spiro atoms. The molecule has 27 heavy (non-hydrogen) atoms. The lowest BCUT2D eigenvalue weighted by molar-refractivity contribution is 0.0713. The number of benzene rings is 2. The zero-order valence-electron chi connectivity index (χ0n) is 15.3. The number of nitrogens with zero attached hydrogens (tertiary/aromatic N) is 2. The maximum absolute atomic E-state index is 13.2. The second kappa shape index (κ2) is 7.37. The van der Waals surface area contributed by atoms with Gasteiger partial charge >= 0.3 is 0 Å². The number of carbonyl (C=O) groups excluding carboxylic acids is 1. The summed E-state index contributed by atoms with van der Waals surface area (Å²) in [6.45, 7) is 2.06. The van der Waals surface area contributed by atoms with E-state index < -0.39 is 0 Å². The number of methoxy groups -OCH3 is 1. The van der Waals surface area contributed by atoms with Crippen molar-refractivity contribution >= 4 is 23.0 Å². The second-order valence-electron chi connectivity index (χ2n) is 6.53. The first-order valence-corrected chi connectivity index (χ1v) is 9.69. The summed E-state index contributed by atoms with van der Waals surface area (Å²) in [4.78, 5) is 14.4. The van der Waals surface area contributed by atoms with Crippen LogP contribution in [0.3, 0.4) is 0 Å². The van der Waals surface area contributed by atoms with Gasteiger partial charge in [0.25, 0.3) is 5.91 Å². The summed E-state index contributed by atoms with van der Waals surface area (Å²) in [6, 6.07) is 19.5. The average molecular weight is 376 g/mol. The summed E-state index contributed by atoms with van der Waals surface area (Å²) in [5, 5.41) is 8.38. The second-order valence-corrected chi connectivity index (χ2v) is 7.51. The Kier molecular flexibility index (Phi) is 4.77. The molecule has 0 saturated heterocycles. The molecule has 3 aromatic rings. The Balaban J connectivity index is 1.71. The molecule has 0 bridgehead atoms. The van der Waals surface area contributed by atoms with E-state index in [-0.39, 0.29) is 11.9 Å². The van der Waals surface area contributed by atoms with Gasteiger partial charge in [-0.05, 0) is 42.1 Å². The van der Waals surface area contributed by atoms with Crippen LogP contribution in [0, 0.1) is 6.92 Å². The van der Waals surface area contributed by atoms with Gasteiger partial charge in [0.2, 0.25) is 0 Å². The van der Waals surface area contributed by atoms with E-state index in [1.165, 1.54) is 5.56 Å². The molecule has 2 aromatic carbocycles. The zero-order valence-corrected chi connectivity index (χ0v) is 16.1.